The minimum Gasteiger partial charge on any atom is -0.496 e. The molecule has 0 saturated carbocycles. The van der Waals surface area contributed by atoms with Crippen LogP contribution in [0.1, 0.15) is 81.3 Å². The number of carbonyl (C=O) groups is 2. The van der Waals surface area contributed by atoms with Gasteiger partial charge < -0.3 is 54.2 Å². The SMILES string of the molecule is COc1cc(OCc2cccc(-c3cccc(COc4cc(OC)c(CNC[C@@H](O)CC(=O)O)c(OCc5cncc(C#N)c5)c4)c3C)c2C)cc(OCc2cncc(C#N)c2)c1CCC[C@@H](O)CC(=O)O. The van der Waals surface area contributed by atoms with Crippen LogP contribution in [0.2, 0.25) is 0 Å². The Labute approximate surface area is 417 Å². The van der Waals surface area contributed by atoms with Crippen molar-refractivity contribution in [2.45, 2.75) is 91.1 Å². The monoisotopic (exact) mass is 979 g/mol. The van der Waals surface area contributed by atoms with Crippen molar-refractivity contribution in [3.05, 3.63) is 153 Å². The molecule has 0 aliphatic carbocycles. The summed E-state index contributed by atoms with van der Waals surface area (Å²) >= 11 is 0. The standard InChI is InChI=1S/C55H57N5O12/c1-34-40(32-69-44-18-50(67-3)48(13-7-10-42(61)16-54(63)64)52(20-44)71-30-38-14-36(22-56)24-58-26-38)8-5-11-46(34)47-12-6-9-41(35(47)2)33-70-45-19-51(68-4)49(29-60-28-43(62)17-55(65)66)53(21-45)72-31-39-15-37(23-57)25-59-27-39/h5-6,8-9,11-12,14-15,18-21,24-27,42-43,60-62H,7,10,13,16-17,28-33H2,1-4H3,(H,63,64)(H,65,66)/t42-,43+/m1/s1. The number of nitrogens with one attached hydrogen (secondary N) is 1. The van der Waals surface area contributed by atoms with Crippen LogP contribution in [0, 0.1) is 36.5 Å². The van der Waals surface area contributed by atoms with Crippen molar-refractivity contribution in [2.75, 3.05) is 20.8 Å². The van der Waals surface area contributed by atoms with Gasteiger partial charge in [0.15, 0.2) is 0 Å². The van der Waals surface area contributed by atoms with E-state index in [-0.39, 0.29) is 52.4 Å². The van der Waals surface area contributed by atoms with Crippen LogP contribution in [0.25, 0.3) is 11.1 Å². The average Bonchev–Trinajstić information content (AvgIpc) is 3.37. The Morgan fingerprint density at radius 3 is 1.58 bits per heavy atom. The Hall–Kier alpha value is -8.22. The molecule has 0 aliphatic rings. The number of hydrogen-bond acceptors (Lipinski definition) is 15. The van der Waals surface area contributed by atoms with Gasteiger partial charge in [-0.15, -0.1) is 0 Å². The van der Waals surface area contributed by atoms with Crippen LogP contribution in [0.15, 0.2) is 97.6 Å². The van der Waals surface area contributed by atoms with Gasteiger partial charge in [0.05, 0.1) is 56.0 Å². The van der Waals surface area contributed by atoms with E-state index in [9.17, 15) is 30.3 Å². The van der Waals surface area contributed by atoms with E-state index in [1.165, 1.54) is 19.5 Å². The van der Waals surface area contributed by atoms with Gasteiger partial charge in [-0.2, -0.15) is 10.5 Å². The Morgan fingerprint density at radius 1 is 0.625 bits per heavy atom. The zero-order chi connectivity index (χ0) is 51.6. The summed E-state index contributed by atoms with van der Waals surface area (Å²) in [6.45, 7) is 4.86. The number of pyridine rings is 2. The van der Waals surface area contributed by atoms with Crippen molar-refractivity contribution in [3.63, 3.8) is 0 Å². The van der Waals surface area contributed by atoms with Crippen LogP contribution in [0.4, 0.5) is 0 Å². The molecule has 0 saturated heterocycles. The van der Waals surface area contributed by atoms with Gasteiger partial charge in [0.2, 0.25) is 0 Å². The number of carboxylic acids is 2. The van der Waals surface area contributed by atoms with Gasteiger partial charge in [-0.25, -0.2) is 0 Å². The zero-order valence-electron chi connectivity index (χ0n) is 40.5. The highest BCUT2D eigenvalue weighted by Crippen LogP contribution is 2.39. The van der Waals surface area contributed by atoms with E-state index < -0.39 is 30.6 Å². The molecule has 2 aromatic heterocycles. The number of methoxy groups -OCH3 is 2. The first kappa shape index (κ1) is 53.1. The smallest absolute Gasteiger partial charge is 0.306 e. The molecule has 0 spiro atoms. The van der Waals surface area contributed by atoms with E-state index in [4.69, 9.17) is 38.6 Å². The van der Waals surface area contributed by atoms with Gasteiger partial charge in [-0.3, -0.25) is 19.6 Å². The summed E-state index contributed by atoms with van der Waals surface area (Å²) < 4.78 is 37.1. The lowest BCUT2D eigenvalue weighted by Gasteiger charge is -2.20. The lowest BCUT2D eigenvalue weighted by Crippen LogP contribution is -2.28. The first-order valence-corrected chi connectivity index (χ1v) is 23.1. The Balaban J connectivity index is 1.20. The fourth-order valence-electron chi connectivity index (χ4n) is 8.02. The van der Waals surface area contributed by atoms with Crippen molar-refractivity contribution in [3.8, 4) is 57.8 Å². The highest BCUT2D eigenvalue weighted by molar-refractivity contribution is 5.73. The minimum atomic E-state index is -1.11. The van der Waals surface area contributed by atoms with Crippen LogP contribution in [-0.2, 0) is 49.0 Å². The summed E-state index contributed by atoms with van der Waals surface area (Å²) in [6.07, 6.45) is 4.44. The zero-order valence-corrected chi connectivity index (χ0v) is 40.5. The third-order valence-electron chi connectivity index (χ3n) is 11.8. The molecule has 0 unspecified atom stereocenters. The molecule has 0 bridgehead atoms. The van der Waals surface area contributed by atoms with E-state index in [1.807, 2.05) is 38.1 Å². The van der Waals surface area contributed by atoms with Crippen LogP contribution in [0.3, 0.4) is 0 Å². The van der Waals surface area contributed by atoms with E-state index in [0.717, 1.165) is 38.9 Å². The maximum Gasteiger partial charge on any atom is 0.306 e. The molecule has 2 heterocycles. The molecule has 0 fully saturated rings. The highest BCUT2D eigenvalue weighted by atomic mass is 16.5. The molecule has 17 nitrogen and oxygen atoms in total. The summed E-state index contributed by atoms with van der Waals surface area (Å²) in [5.74, 6) is 0.578. The number of rotatable bonds is 27. The van der Waals surface area contributed by atoms with E-state index in [1.54, 1.807) is 55.9 Å². The fourth-order valence-corrected chi connectivity index (χ4v) is 8.02. The maximum atomic E-state index is 11.1. The van der Waals surface area contributed by atoms with Gasteiger partial charge >= 0.3 is 11.9 Å². The molecule has 2 atom stereocenters. The van der Waals surface area contributed by atoms with E-state index in [0.29, 0.717) is 75.2 Å². The van der Waals surface area contributed by atoms with Gasteiger partial charge in [-0.1, -0.05) is 36.4 Å². The van der Waals surface area contributed by atoms with E-state index >= 15 is 0 Å². The first-order chi connectivity index (χ1) is 34.8. The van der Waals surface area contributed by atoms with Gasteiger partial charge in [0.25, 0.3) is 0 Å². The maximum absolute atomic E-state index is 11.1. The van der Waals surface area contributed by atoms with Crippen molar-refractivity contribution >= 4 is 11.9 Å². The Bertz CT molecular complexity index is 2730. The topological polar surface area (TPSA) is 256 Å². The third-order valence-corrected chi connectivity index (χ3v) is 11.8. The number of ether oxygens (including phenoxy) is 6. The highest BCUT2D eigenvalue weighted by Gasteiger charge is 2.20. The number of carboxylic acid groups (broad SMARTS) is 2. The molecular formula is C55H57N5O12. The number of aliphatic hydroxyl groups is 2. The average molecular weight is 980 g/mol. The summed E-state index contributed by atoms with van der Waals surface area (Å²) in [6, 6.07) is 26.6. The van der Waals surface area contributed by atoms with Crippen molar-refractivity contribution in [1.29, 1.82) is 10.5 Å². The number of aromatic nitrogens is 2. The fraction of sp³-hybridized carbons (Fsp3) is 0.309. The lowest BCUT2D eigenvalue weighted by atomic mass is 9.92. The summed E-state index contributed by atoms with van der Waals surface area (Å²) in [5.41, 5.74) is 9.34. The summed E-state index contributed by atoms with van der Waals surface area (Å²) in [7, 11) is 3.06. The second-order valence-electron chi connectivity index (χ2n) is 17.0. The molecule has 0 radical (unpaired) electrons. The quantitative estimate of drug-likeness (QED) is 0.0328. The first-order valence-electron chi connectivity index (χ1n) is 23.1. The summed E-state index contributed by atoms with van der Waals surface area (Å²) in [5, 5.41) is 60.5. The van der Waals surface area contributed by atoms with Gasteiger partial charge in [0.1, 0.15) is 73.1 Å². The Morgan fingerprint density at radius 2 is 1.10 bits per heavy atom. The molecule has 17 heteroatoms. The van der Waals surface area contributed by atoms with Crippen molar-refractivity contribution < 1.29 is 58.4 Å². The van der Waals surface area contributed by atoms with Crippen molar-refractivity contribution in [1.82, 2.24) is 15.3 Å². The van der Waals surface area contributed by atoms with Crippen LogP contribution >= 0.6 is 0 Å². The number of nitriles is 2. The number of aliphatic carboxylic acids is 2. The summed E-state index contributed by atoms with van der Waals surface area (Å²) in [4.78, 5) is 30.5. The van der Waals surface area contributed by atoms with Crippen molar-refractivity contribution in [2.24, 2.45) is 0 Å². The minimum absolute atomic E-state index is 0.0147. The molecular weight excluding hydrogens is 923 g/mol. The second-order valence-corrected chi connectivity index (χ2v) is 17.0. The molecule has 6 aromatic rings. The molecule has 0 aliphatic heterocycles. The molecule has 0 amide bonds. The van der Waals surface area contributed by atoms with Crippen LogP contribution in [-0.4, -0.2) is 75.3 Å². The third kappa shape index (κ3) is 14.9. The number of hydrogen-bond donors (Lipinski definition) is 5. The number of aliphatic hydroxyl groups excluding tert-OH is 2. The van der Waals surface area contributed by atoms with Gasteiger partial charge in [-0.05, 0) is 78.6 Å². The molecule has 6 rings (SSSR count). The molecule has 4 aromatic carbocycles. The number of benzene rings is 4. The van der Waals surface area contributed by atoms with Gasteiger partial charge in [0, 0.05) is 78.8 Å². The Kier molecular flexibility index (Phi) is 19.3. The predicted octanol–water partition coefficient (Wildman–Crippen LogP) is 7.92. The largest absolute Gasteiger partial charge is 0.496 e. The van der Waals surface area contributed by atoms with E-state index in [2.05, 4.69) is 39.6 Å². The lowest BCUT2D eigenvalue weighted by molar-refractivity contribution is -0.140. The predicted molar refractivity (Wildman–Crippen MR) is 264 cm³/mol. The second kappa shape index (κ2) is 26.1. The number of nitrogens with zero attached hydrogens (tertiary/aromatic N) is 4. The normalized spacial score (nSPS) is 11.7. The molecule has 374 valence electrons. The molecule has 72 heavy (non-hydrogen) atoms. The van der Waals surface area contributed by atoms with Crippen LogP contribution < -0.4 is 33.7 Å². The molecule has 5 N–H and O–H groups in total. The van der Waals surface area contributed by atoms with Crippen LogP contribution in [0.5, 0.6) is 34.5 Å².